The van der Waals surface area contributed by atoms with Crippen molar-refractivity contribution in [3.8, 4) is 0 Å². The van der Waals surface area contributed by atoms with E-state index in [0.717, 1.165) is 5.56 Å². The quantitative estimate of drug-likeness (QED) is 0.884. The molecule has 0 fully saturated rings. The van der Waals surface area contributed by atoms with Crippen LogP contribution in [0.15, 0.2) is 36.5 Å². The monoisotopic (exact) mass is 312 g/mol. The summed E-state index contributed by atoms with van der Waals surface area (Å²) in [7, 11) is 0. The van der Waals surface area contributed by atoms with E-state index in [1.165, 1.54) is 6.07 Å². The lowest BCUT2D eigenvalue weighted by Crippen LogP contribution is -2.25. The highest BCUT2D eigenvalue weighted by atomic mass is 35.5. The van der Waals surface area contributed by atoms with Crippen LogP contribution in [-0.2, 0) is 6.42 Å². The lowest BCUT2D eigenvalue weighted by atomic mass is 10.0. The van der Waals surface area contributed by atoms with Crippen LogP contribution in [0.5, 0.6) is 0 Å². The third kappa shape index (κ3) is 3.69. The first-order valence-electron chi connectivity index (χ1n) is 6.39. The molecule has 1 heterocycles. The Bertz CT molecular complexity index is 590. The van der Waals surface area contributed by atoms with Gasteiger partial charge in [0.15, 0.2) is 0 Å². The van der Waals surface area contributed by atoms with Crippen LogP contribution in [0.1, 0.15) is 24.2 Å². The molecule has 5 heteroatoms. The van der Waals surface area contributed by atoms with Crippen molar-refractivity contribution < 1.29 is 4.39 Å². The van der Waals surface area contributed by atoms with Crippen molar-refractivity contribution in [2.75, 3.05) is 6.54 Å². The van der Waals surface area contributed by atoms with Crippen LogP contribution in [0.4, 0.5) is 4.39 Å². The molecule has 1 unspecified atom stereocenters. The van der Waals surface area contributed by atoms with Gasteiger partial charge in [0.25, 0.3) is 0 Å². The summed E-state index contributed by atoms with van der Waals surface area (Å²) in [5.41, 5.74) is 1.26. The summed E-state index contributed by atoms with van der Waals surface area (Å²) < 4.78 is 13.9. The van der Waals surface area contributed by atoms with Crippen molar-refractivity contribution >= 4 is 23.2 Å². The van der Waals surface area contributed by atoms with E-state index >= 15 is 0 Å². The zero-order chi connectivity index (χ0) is 14.5. The number of nitrogens with one attached hydrogen (secondary N) is 1. The Kier molecular flexibility index (Phi) is 5.35. The fourth-order valence-electron chi connectivity index (χ4n) is 2.09. The summed E-state index contributed by atoms with van der Waals surface area (Å²) in [6.45, 7) is 2.67. The summed E-state index contributed by atoms with van der Waals surface area (Å²) in [5.74, 6) is -0.323. The minimum atomic E-state index is -0.323. The maximum Gasteiger partial charge on any atom is 0.146 e. The Labute approximate surface area is 127 Å². The summed E-state index contributed by atoms with van der Waals surface area (Å²) in [6.07, 6.45) is 2.11. The van der Waals surface area contributed by atoms with Crippen molar-refractivity contribution in [2.24, 2.45) is 0 Å². The minimum absolute atomic E-state index is 0.239. The van der Waals surface area contributed by atoms with Crippen molar-refractivity contribution in [3.05, 3.63) is 63.6 Å². The van der Waals surface area contributed by atoms with Crippen molar-refractivity contribution in [2.45, 2.75) is 19.4 Å². The van der Waals surface area contributed by atoms with E-state index in [2.05, 4.69) is 10.3 Å². The fourth-order valence-corrected chi connectivity index (χ4v) is 2.48. The molecule has 106 valence electrons. The van der Waals surface area contributed by atoms with Crippen LogP contribution in [0.3, 0.4) is 0 Å². The van der Waals surface area contributed by atoms with Crippen molar-refractivity contribution in [1.82, 2.24) is 10.3 Å². The number of hydrogen-bond donors (Lipinski definition) is 1. The van der Waals surface area contributed by atoms with Gasteiger partial charge in [0.05, 0.1) is 11.7 Å². The van der Waals surface area contributed by atoms with Gasteiger partial charge in [-0.1, -0.05) is 30.1 Å². The summed E-state index contributed by atoms with van der Waals surface area (Å²) >= 11 is 12.2. The molecule has 0 bridgehead atoms. The second-order valence-corrected chi connectivity index (χ2v) is 5.26. The second-order valence-electron chi connectivity index (χ2n) is 4.42. The standard InChI is InChI=1S/C15H15Cl2FN2/c1-2-19-14(15-13(18)4-3-7-20-15)9-10-8-11(16)5-6-12(10)17/h3-8,14,19H,2,9H2,1H3. The van der Waals surface area contributed by atoms with Gasteiger partial charge in [-0.2, -0.15) is 0 Å². The van der Waals surface area contributed by atoms with Gasteiger partial charge in [0, 0.05) is 16.2 Å². The first kappa shape index (κ1) is 15.2. The molecule has 2 aromatic rings. The van der Waals surface area contributed by atoms with Crippen LogP contribution in [0.2, 0.25) is 10.0 Å². The largest absolute Gasteiger partial charge is 0.309 e. The predicted molar refractivity (Wildman–Crippen MR) is 80.8 cm³/mol. The van der Waals surface area contributed by atoms with Gasteiger partial charge in [-0.15, -0.1) is 0 Å². The fraction of sp³-hybridized carbons (Fsp3) is 0.267. The molecule has 0 saturated carbocycles. The van der Waals surface area contributed by atoms with E-state index < -0.39 is 0 Å². The Morgan fingerprint density at radius 3 is 2.80 bits per heavy atom. The van der Waals surface area contributed by atoms with Crippen LogP contribution in [0, 0.1) is 5.82 Å². The van der Waals surface area contributed by atoms with E-state index in [9.17, 15) is 4.39 Å². The lowest BCUT2D eigenvalue weighted by Gasteiger charge is -2.18. The molecule has 0 aliphatic heterocycles. The molecule has 1 atom stereocenters. The highest BCUT2D eigenvalue weighted by molar-refractivity contribution is 6.33. The number of benzene rings is 1. The van der Waals surface area contributed by atoms with Gasteiger partial charge < -0.3 is 5.32 Å². The van der Waals surface area contributed by atoms with Gasteiger partial charge in [-0.3, -0.25) is 4.98 Å². The molecule has 0 radical (unpaired) electrons. The van der Waals surface area contributed by atoms with Gasteiger partial charge in [0.1, 0.15) is 5.82 Å². The molecule has 0 aliphatic rings. The SMILES string of the molecule is CCNC(Cc1cc(Cl)ccc1Cl)c1ncccc1F. The summed E-state index contributed by atoms with van der Waals surface area (Å²) in [6, 6.07) is 8.03. The molecule has 0 amide bonds. The van der Waals surface area contributed by atoms with Gasteiger partial charge in [-0.05, 0) is 48.9 Å². The average molecular weight is 313 g/mol. The Hall–Kier alpha value is -1.16. The molecule has 1 N–H and O–H groups in total. The average Bonchev–Trinajstić information content (AvgIpc) is 2.43. The molecular formula is C15H15Cl2FN2. The molecule has 2 nitrogen and oxygen atoms in total. The molecule has 0 saturated heterocycles. The van der Waals surface area contributed by atoms with Crippen LogP contribution < -0.4 is 5.32 Å². The number of pyridine rings is 1. The molecule has 1 aromatic heterocycles. The minimum Gasteiger partial charge on any atom is -0.309 e. The zero-order valence-electron chi connectivity index (χ0n) is 11.0. The summed E-state index contributed by atoms with van der Waals surface area (Å²) in [5, 5.41) is 4.46. The Morgan fingerprint density at radius 1 is 1.30 bits per heavy atom. The zero-order valence-corrected chi connectivity index (χ0v) is 12.5. The first-order chi connectivity index (χ1) is 9.61. The number of nitrogens with zero attached hydrogens (tertiary/aromatic N) is 1. The predicted octanol–water partition coefficient (Wildman–Crippen LogP) is 4.42. The van der Waals surface area contributed by atoms with Crippen LogP contribution in [-0.4, -0.2) is 11.5 Å². The lowest BCUT2D eigenvalue weighted by molar-refractivity contribution is 0.494. The topological polar surface area (TPSA) is 24.9 Å². The number of hydrogen-bond acceptors (Lipinski definition) is 2. The number of rotatable bonds is 5. The number of halogens is 3. The number of likely N-dealkylation sites (N-methyl/N-ethyl adjacent to an activating group) is 1. The van der Waals surface area contributed by atoms with E-state index in [1.54, 1.807) is 30.5 Å². The first-order valence-corrected chi connectivity index (χ1v) is 7.15. The third-order valence-electron chi connectivity index (χ3n) is 3.00. The Morgan fingerprint density at radius 2 is 2.10 bits per heavy atom. The van der Waals surface area contributed by atoms with Gasteiger partial charge >= 0.3 is 0 Å². The van der Waals surface area contributed by atoms with E-state index in [4.69, 9.17) is 23.2 Å². The highest BCUT2D eigenvalue weighted by Crippen LogP contribution is 2.26. The normalized spacial score (nSPS) is 12.4. The molecular weight excluding hydrogens is 298 g/mol. The molecule has 1 aromatic carbocycles. The van der Waals surface area contributed by atoms with E-state index in [-0.39, 0.29) is 11.9 Å². The van der Waals surface area contributed by atoms with E-state index in [1.807, 2.05) is 6.92 Å². The summed E-state index contributed by atoms with van der Waals surface area (Å²) in [4.78, 5) is 4.13. The van der Waals surface area contributed by atoms with Crippen LogP contribution >= 0.6 is 23.2 Å². The molecule has 0 aliphatic carbocycles. The number of aromatic nitrogens is 1. The van der Waals surface area contributed by atoms with Crippen molar-refractivity contribution in [3.63, 3.8) is 0 Å². The second kappa shape index (κ2) is 7.02. The smallest absolute Gasteiger partial charge is 0.146 e. The molecule has 0 spiro atoms. The van der Waals surface area contributed by atoms with Crippen LogP contribution in [0.25, 0.3) is 0 Å². The van der Waals surface area contributed by atoms with E-state index in [0.29, 0.717) is 28.7 Å². The molecule has 2 rings (SSSR count). The van der Waals surface area contributed by atoms with Crippen molar-refractivity contribution in [1.29, 1.82) is 0 Å². The molecule has 20 heavy (non-hydrogen) atoms. The van der Waals surface area contributed by atoms with Gasteiger partial charge in [0.2, 0.25) is 0 Å². The third-order valence-corrected chi connectivity index (χ3v) is 3.60. The maximum absolute atomic E-state index is 13.9. The Balaban J connectivity index is 2.30. The maximum atomic E-state index is 13.9. The highest BCUT2D eigenvalue weighted by Gasteiger charge is 2.18. The van der Waals surface area contributed by atoms with Gasteiger partial charge in [-0.25, -0.2) is 4.39 Å².